The van der Waals surface area contributed by atoms with Gasteiger partial charge in [0.1, 0.15) is 0 Å². The molecular weight excluding hydrogens is 440 g/mol. The number of aliphatic imine (C=N–C) groups is 1. The summed E-state index contributed by atoms with van der Waals surface area (Å²) in [6.07, 6.45) is 5.97. The lowest BCUT2D eigenvalue weighted by Crippen LogP contribution is -2.17. The molecule has 0 radical (unpaired) electrons. The number of unbranched alkanes of at least 4 members (excludes halogenated alkanes) is 1. The molecule has 1 aliphatic rings. The first-order chi connectivity index (χ1) is 15.9. The van der Waals surface area contributed by atoms with Crippen molar-refractivity contribution >= 4 is 50.7 Å². The van der Waals surface area contributed by atoms with Crippen LogP contribution in [0.4, 0.5) is 5.69 Å². The third-order valence-corrected chi connectivity index (χ3v) is 6.68. The molecule has 0 atom stereocenters. The molecule has 0 fully saturated rings. The highest BCUT2D eigenvalue weighted by atomic mass is 32.2. The second kappa shape index (κ2) is 10.8. The van der Waals surface area contributed by atoms with Crippen LogP contribution in [0, 0.1) is 0 Å². The number of amides is 1. The van der Waals surface area contributed by atoms with E-state index in [1.54, 1.807) is 30.5 Å². The number of benzene rings is 2. The SMILES string of the molecule is CC(=O)NN=C1CC=Nc2ccccc21.CCCCS(=O)(=O)n1cc(C=O)c2ccccc21. The first-order valence-corrected chi connectivity index (χ1v) is 12.2. The zero-order chi connectivity index (χ0) is 23.8. The smallest absolute Gasteiger partial charge is 0.239 e. The maximum atomic E-state index is 12.2. The number of hydrogen-bond acceptors (Lipinski definition) is 6. The molecule has 33 heavy (non-hydrogen) atoms. The van der Waals surface area contributed by atoms with E-state index in [0.29, 0.717) is 35.6 Å². The number of nitrogens with one attached hydrogen (secondary N) is 1. The van der Waals surface area contributed by atoms with Crippen molar-refractivity contribution in [3.05, 3.63) is 65.9 Å². The Morgan fingerprint density at radius 3 is 2.64 bits per heavy atom. The van der Waals surface area contributed by atoms with Crippen LogP contribution >= 0.6 is 0 Å². The highest BCUT2D eigenvalue weighted by Gasteiger charge is 2.17. The van der Waals surface area contributed by atoms with Crippen LogP contribution < -0.4 is 5.43 Å². The maximum absolute atomic E-state index is 12.2. The molecule has 2 aromatic carbocycles. The molecule has 1 amide bonds. The third-order valence-electron chi connectivity index (χ3n) is 4.97. The lowest BCUT2D eigenvalue weighted by atomic mass is 10.0. The number of carbonyl (C=O) groups excluding carboxylic acids is 2. The molecule has 0 aliphatic carbocycles. The summed E-state index contributed by atoms with van der Waals surface area (Å²) in [5, 5.41) is 4.72. The van der Waals surface area contributed by atoms with Crippen LogP contribution in [0.3, 0.4) is 0 Å². The molecular formula is C24H26N4O4S. The number of aromatic nitrogens is 1. The van der Waals surface area contributed by atoms with E-state index >= 15 is 0 Å². The molecule has 4 rings (SSSR count). The Morgan fingerprint density at radius 1 is 1.18 bits per heavy atom. The zero-order valence-corrected chi connectivity index (χ0v) is 19.4. The Labute approximate surface area is 193 Å². The van der Waals surface area contributed by atoms with E-state index in [9.17, 15) is 18.0 Å². The number of nitrogens with zero attached hydrogens (tertiary/aromatic N) is 3. The van der Waals surface area contributed by atoms with Gasteiger partial charge in [0.25, 0.3) is 0 Å². The fraction of sp³-hybridized carbons (Fsp3) is 0.250. The van der Waals surface area contributed by atoms with Crippen LogP contribution in [0.2, 0.25) is 0 Å². The summed E-state index contributed by atoms with van der Waals surface area (Å²) in [6.45, 7) is 3.38. The number of fused-ring (bicyclic) bond motifs is 2. The van der Waals surface area contributed by atoms with Gasteiger partial charge in [0.05, 0.1) is 22.7 Å². The molecule has 1 aliphatic heterocycles. The van der Waals surface area contributed by atoms with Crippen LogP contribution in [-0.4, -0.2) is 42.3 Å². The molecule has 0 bridgehead atoms. The van der Waals surface area contributed by atoms with Gasteiger partial charge in [-0.15, -0.1) is 0 Å². The number of aldehydes is 1. The molecule has 0 spiro atoms. The minimum Gasteiger partial charge on any atom is -0.298 e. The van der Waals surface area contributed by atoms with Crippen molar-refractivity contribution in [3.63, 3.8) is 0 Å². The highest BCUT2D eigenvalue weighted by molar-refractivity contribution is 7.90. The number of carbonyl (C=O) groups is 2. The Morgan fingerprint density at radius 2 is 1.91 bits per heavy atom. The number of para-hydroxylation sites is 2. The summed E-state index contributed by atoms with van der Waals surface area (Å²) in [4.78, 5) is 26.0. The third kappa shape index (κ3) is 5.81. The predicted octanol–water partition coefficient (Wildman–Crippen LogP) is 4.06. The summed E-state index contributed by atoms with van der Waals surface area (Å²) in [6, 6.07) is 14.8. The highest BCUT2D eigenvalue weighted by Crippen LogP contribution is 2.23. The maximum Gasteiger partial charge on any atom is 0.239 e. The van der Waals surface area contributed by atoms with Gasteiger partial charge in [-0.05, 0) is 18.6 Å². The van der Waals surface area contributed by atoms with Crippen LogP contribution in [0.15, 0.2) is 64.8 Å². The molecule has 3 aromatic rings. The fourth-order valence-corrected chi connectivity index (χ4v) is 4.93. The van der Waals surface area contributed by atoms with Gasteiger partial charge < -0.3 is 0 Å². The second-order valence-corrected chi connectivity index (χ2v) is 9.41. The lowest BCUT2D eigenvalue weighted by molar-refractivity contribution is -0.118. The Bertz CT molecular complexity index is 1320. The molecule has 0 saturated heterocycles. The van der Waals surface area contributed by atoms with E-state index in [-0.39, 0.29) is 11.7 Å². The molecule has 1 N–H and O–H groups in total. The summed E-state index contributed by atoms with van der Waals surface area (Å²) in [5.74, 6) is -0.0667. The van der Waals surface area contributed by atoms with Gasteiger partial charge in [-0.25, -0.2) is 17.8 Å². The van der Waals surface area contributed by atoms with Crippen LogP contribution in [-0.2, 0) is 14.8 Å². The van der Waals surface area contributed by atoms with Crippen molar-refractivity contribution in [2.24, 2.45) is 10.1 Å². The minimum atomic E-state index is -3.38. The summed E-state index contributed by atoms with van der Waals surface area (Å²) >= 11 is 0. The second-order valence-electron chi connectivity index (χ2n) is 7.44. The summed E-state index contributed by atoms with van der Waals surface area (Å²) in [7, 11) is -3.38. The largest absolute Gasteiger partial charge is 0.298 e. The van der Waals surface area contributed by atoms with Gasteiger partial charge >= 0.3 is 0 Å². The summed E-state index contributed by atoms with van der Waals surface area (Å²) in [5.41, 5.74) is 6.14. The van der Waals surface area contributed by atoms with E-state index in [1.807, 2.05) is 31.2 Å². The predicted molar refractivity (Wildman–Crippen MR) is 131 cm³/mol. The van der Waals surface area contributed by atoms with Crippen molar-refractivity contribution in [1.82, 2.24) is 9.40 Å². The molecule has 1 aromatic heterocycles. The van der Waals surface area contributed by atoms with E-state index in [0.717, 1.165) is 23.4 Å². The van der Waals surface area contributed by atoms with Gasteiger partial charge in [0.2, 0.25) is 15.9 Å². The standard InChI is InChI=1S/C13H15NO3S.C11H11N3O/c1-2-3-8-18(16,17)14-9-11(10-15)12-6-4-5-7-13(12)14;1-8(15)13-14-11-6-7-12-10-5-3-2-4-9(10)11/h4-7,9-10H,2-3,8H2,1H3;2-5,7H,6H2,1H3,(H,13,15). The van der Waals surface area contributed by atoms with Gasteiger partial charge in [-0.3, -0.25) is 14.6 Å². The topological polar surface area (TPSA) is 110 Å². The van der Waals surface area contributed by atoms with E-state index < -0.39 is 10.0 Å². The molecule has 0 saturated carbocycles. The zero-order valence-electron chi connectivity index (χ0n) is 18.6. The normalized spacial score (nSPS) is 13.8. The van der Waals surface area contributed by atoms with Gasteiger partial charge in [0, 0.05) is 42.3 Å². The first-order valence-electron chi connectivity index (χ1n) is 10.6. The Kier molecular flexibility index (Phi) is 7.89. The monoisotopic (exact) mass is 466 g/mol. The number of hydrazone groups is 1. The van der Waals surface area contributed by atoms with E-state index in [4.69, 9.17) is 0 Å². The minimum absolute atomic E-state index is 0.0977. The molecule has 2 heterocycles. The average molecular weight is 467 g/mol. The average Bonchev–Trinajstić information content (AvgIpc) is 3.22. The number of hydrogen-bond donors (Lipinski definition) is 1. The lowest BCUT2D eigenvalue weighted by Gasteiger charge is -2.11. The van der Waals surface area contributed by atoms with Crippen LogP contribution in [0.25, 0.3) is 10.9 Å². The van der Waals surface area contributed by atoms with Gasteiger partial charge in [-0.1, -0.05) is 49.7 Å². The molecule has 9 heteroatoms. The van der Waals surface area contributed by atoms with Crippen molar-refractivity contribution in [2.45, 2.75) is 33.1 Å². The van der Waals surface area contributed by atoms with Crippen molar-refractivity contribution in [3.8, 4) is 0 Å². The van der Waals surface area contributed by atoms with Gasteiger partial charge in [-0.2, -0.15) is 5.10 Å². The number of rotatable bonds is 6. The quantitative estimate of drug-likeness (QED) is 0.436. The molecule has 172 valence electrons. The fourth-order valence-electron chi connectivity index (χ4n) is 3.35. The van der Waals surface area contributed by atoms with Crippen molar-refractivity contribution in [1.29, 1.82) is 0 Å². The van der Waals surface area contributed by atoms with Crippen LogP contribution in [0.5, 0.6) is 0 Å². The Balaban J connectivity index is 0.000000189. The van der Waals surface area contributed by atoms with E-state index in [1.165, 1.54) is 17.1 Å². The summed E-state index contributed by atoms with van der Waals surface area (Å²) < 4.78 is 25.6. The van der Waals surface area contributed by atoms with Crippen molar-refractivity contribution in [2.75, 3.05) is 5.75 Å². The van der Waals surface area contributed by atoms with Gasteiger partial charge in [0.15, 0.2) is 6.29 Å². The molecule has 0 unspecified atom stereocenters. The Hall–Kier alpha value is -3.59. The van der Waals surface area contributed by atoms with Crippen LogP contribution in [0.1, 0.15) is 49.0 Å². The first kappa shape index (κ1) is 24.1. The van der Waals surface area contributed by atoms with Crippen molar-refractivity contribution < 1.29 is 18.0 Å². The van der Waals surface area contributed by atoms with E-state index in [2.05, 4.69) is 15.5 Å². The molecule has 8 nitrogen and oxygen atoms in total.